The summed E-state index contributed by atoms with van der Waals surface area (Å²) in [7, 11) is 0. The van der Waals surface area contributed by atoms with Gasteiger partial charge in [0.15, 0.2) is 5.96 Å². The van der Waals surface area contributed by atoms with Gasteiger partial charge in [0, 0.05) is 25.3 Å². The molecule has 1 heterocycles. The molecule has 134 valence electrons. The van der Waals surface area contributed by atoms with Crippen molar-refractivity contribution in [3.8, 4) is 0 Å². The number of hydrogen-bond donors (Lipinski definition) is 3. The second-order valence-electron chi connectivity index (χ2n) is 6.32. The number of carbonyl (C=O) groups is 1. The molecule has 0 aromatic carbocycles. The van der Waals surface area contributed by atoms with Crippen molar-refractivity contribution < 1.29 is 9.53 Å². The number of pyridine rings is 1. The van der Waals surface area contributed by atoms with Crippen LogP contribution < -0.4 is 16.0 Å². The number of nitrogens with one attached hydrogen (secondary N) is 3. The van der Waals surface area contributed by atoms with E-state index in [-0.39, 0.29) is 0 Å². The second kappa shape index (κ2) is 9.75. The van der Waals surface area contributed by atoms with E-state index in [0.717, 1.165) is 17.9 Å². The number of amides is 1. The van der Waals surface area contributed by atoms with Crippen molar-refractivity contribution >= 4 is 12.1 Å². The monoisotopic (exact) mass is 335 g/mol. The predicted octanol–water partition coefficient (Wildman–Crippen LogP) is 1.97. The summed E-state index contributed by atoms with van der Waals surface area (Å²) < 4.78 is 5.18. The van der Waals surface area contributed by atoms with Crippen LogP contribution in [0.4, 0.5) is 4.79 Å². The first-order valence-electron chi connectivity index (χ1n) is 8.21. The Kier molecular flexibility index (Phi) is 8.01. The van der Waals surface area contributed by atoms with E-state index in [9.17, 15) is 4.79 Å². The summed E-state index contributed by atoms with van der Waals surface area (Å²) >= 11 is 0. The smallest absolute Gasteiger partial charge is 0.407 e. The maximum atomic E-state index is 11.6. The van der Waals surface area contributed by atoms with E-state index >= 15 is 0 Å². The number of aromatic nitrogens is 1. The van der Waals surface area contributed by atoms with Gasteiger partial charge in [0.05, 0.1) is 12.2 Å². The lowest BCUT2D eigenvalue weighted by Gasteiger charge is -2.19. The minimum absolute atomic E-state index is 0.421. The average molecular weight is 335 g/mol. The molecule has 0 aliphatic heterocycles. The molecule has 0 saturated carbocycles. The van der Waals surface area contributed by atoms with E-state index in [2.05, 4.69) is 25.9 Å². The number of aliphatic imine (C=N–C) groups is 1. The Morgan fingerprint density at radius 1 is 1.21 bits per heavy atom. The summed E-state index contributed by atoms with van der Waals surface area (Å²) in [6, 6.07) is 5.88. The van der Waals surface area contributed by atoms with E-state index < -0.39 is 11.7 Å². The Hall–Kier alpha value is -2.31. The zero-order valence-corrected chi connectivity index (χ0v) is 15.3. The van der Waals surface area contributed by atoms with Crippen LogP contribution in [0.3, 0.4) is 0 Å². The van der Waals surface area contributed by atoms with Crippen molar-refractivity contribution in [1.29, 1.82) is 0 Å². The van der Waals surface area contributed by atoms with E-state index in [1.807, 2.05) is 52.8 Å². The highest BCUT2D eigenvalue weighted by molar-refractivity contribution is 5.79. The maximum absolute atomic E-state index is 11.6. The number of hydrogen-bond acceptors (Lipinski definition) is 4. The number of ether oxygens (including phenoxy) is 1. The SMILES string of the molecule is CCNC(=NCc1cccc(C)n1)NCCNC(=O)OC(C)(C)C. The first kappa shape index (κ1) is 19.7. The van der Waals surface area contributed by atoms with Crippen LogP contribution in [0.5, 0.6) is 0 Å². The molecule has 0 bridgehead atoms. The molecule has 0 aliphatic carbocycles. The molecule has 1 aromatic rings. The Morgan fingerprint density at radius 3 is 2.54 bits per heavy atom. The van der Waals surface area contributed by atoms with Crippen molar-refractivity contribution in [3.63, 3.8) is 0 Å². The lowest BCUT2D eigenvalue weighted by molar-refractivity contribution is 0.0529. The molecule has 0 spiro atoms. The van der Waals surface area contributed by atoms with Crippen molar-refractivity contribution in [3.05, 3.63) is 29.6 Å². The van der Waals surface area contributed by atoms with Crippen LogP contribution in [-0.4, -0.2) is 42.3 Å². The molecule has 0 saturated heterocycles. The fraction of sp³-hybridized carbons (Fsp3) is 0.588. The topological polar surface area (TPSA) is 87.6 Å². The van der Waals surface area contributed by atoms with Gasteiger partial charge in [-0.2, -0.15) is 0 Å². The minimum atomic E-state index is -0.491. The highest BCUT2D eigenvalue weighted by atomic mass is 16.6. The van der Waals surface area contributed by atoms with E-state index in [4.69, 9.17) is 4.74 Å². The number of alkyl carbamates (subject to hydrolysis) is 1. The van der Waals surface area contributed by atoms with Crippen LogP contribution in [-0.2, 0) is 11.3 Å². The first-order chi connectivity index (χ1) is 11.3. The molecule has 1 rings (SSSR count). The van der Waals surface area contributed by atoms with Gasteiger partial charge in [0.1, 0.15) is 5.60 Å². The Balaban J connectivity index is 2.40. The zero-order valence-electron chi connectivity index (χ0n) is 15.3. The number of aryl methyl sites for hydroxylation is 1. The average Bonchev–Trinajstić information content (AvgIpc) is 2.47. The first-order valence-corrected chi connectivity index (χ1v) is 8.21. The van der Waals surface area contributed by atoms with Crippen LogP contribution in [0, 0.1) is 6.92 Å². The fourth-order valence-electron chi connectivity index (χ4n) is 1.85. The molecular weight excluding hydrogens is 306 g/mol. The summed E-state index contributed by atoms with van der Waals surface area (Å²) in [5.41, 5.74) is 1.40. The number of rotatable bonds is 6. The molecule has 7 heteroatoms. The molecule has 1 amide bonds. The normalized spacial score (nSPS) is 11.8. The molecule has 3 N–H and O–H groups in total. The third kappa shape index (κ3) is 8.97. The summed E-state index contributed by atoms with van der Waals surface area (Å²) in [5.74, 6) is 0.687. The molecule has 0 unspecified atom stereocenters. The predicted molar refractivity (Wildman–Crippen MR) is 96.0 cm³/mol. The minimum Gasteiger partial charge on any atom is -0.444 e. The van der Waals surface area contributed by atoms with Gasteiger partial charge in [0.2, 0.25) is 0 Å². The van der Waals surface area contributed by atoms with Crippen LogP contribution in [0.2, 0.25) is 0 Å². The summed E-state index contributed by atoms with van der Waals surface area (Å²) in [4.78, 5) is 20.5. The van der Waals surface area contributed by atoms with Crippen LogP contribution in [0.1, 0.15) is 39.1 Å². The number of nitrogens with zero attached hydrogens (tertiary/aromatic N) is 2. The largest absolute Gasteiger partial charge is 0.444 e. The maximum Gasteiger partial charge on any atom is 0.407 e. The molecule has 0 aliphatic rings. The molecule has 0 fully saturated rings. The van der Waals surface area contributed by atoms with Crippen LogP contribution in [0.25, 0.3) is 0 Å². The van der Waals surface area contributed by atoms with Gasteiger partial charge in [-0.25, -0.2) is 9.79 Å². The summed E-state index contributed by atoms with van der Waals surface area (Å²) in [6.45, 7) is 11.7. The lowest BCUT2D eigenvalue weighted by atomic mass is 10.2. The van der Waals surface area contributed by atoms with Gasteiger partial charge in [-0.1, -0.05) is 6.07 Å². The Labute approximate surface area is 144 Å². The van der Waals surface area contributed by atoms with Gasteiger partial charge in [-0.3, -0.25) is 4.98 Å². The van der Waals surface area contributed by atoms with Crippen molar-refractivity contribution in [2.75, 3.05) is 19.6 Å². The van der Waals surface area contributed by atoms with E-state index in [1.165, 1.54) is 0 Å². The molecule has 24 heavy (non-hydrogen) atoms. The standard InChI is InChI=1S/C17H29N5O2/c1-6-18-15(21-12-14-9-7-8-13(2)22-14)19-10-11-20-16(23)24-17(3,4)5/h7-9H,6,10-12H2,1-5H3,(H,20,23)(H2,18,19,21). The molecule has 7 nitrogen and oxygen atoms in total. The quantitative estimate of drug-likeness (QED) is 0.420. The van der Waals surface area contributed by atoms with Gasteiger partial charge < -0.3 is 20.7 Å². The highest BCUT2D eigenvalue weighted by Crippen LogP contribution is 2.06. The number of carbonyl (C=O) groups excluding carboxylic acids is 1. The van der Waals surface area contributed by atoms with Crippen LogP contribution >= 0.6 is 0 Å². The summed E-state index contributed by atoms with van der Waals surface area (Å²) in [5, 5.41) is 9.02. The van der Waals surface area contributed by atoms with E-state index in [0.29, 0.717) is 25.6 Å². The van der Waals surface area contributed by atoms with Gasteiger partial charge in [0.25, 0.3) is 0 Å². The lowest BCUT2D eigenvalue weighted by Crippen LogP contribution is -2.42. The highest BCUT2D eigenvalue weighted by Gasteiger charge is 2.15. The van der Waals surface area contributed by atoms with E-state index in [1.54, 1.807) is 0 Å². The van der Waals surface area contributed by atoms with Crippen LogP contribution in [0.15, 0.2) is 23.2 Å². The Morgan fingerprint density at radius 2 is 1.92 bits per heavy atom. The molecule has 0 atom stereocenters. The van der Waals surface area contributed by atoms with Crippen molar-refractivity contribution in [2.45, 2.75) is 46.8 Å². The zero-order chi connectivity index (χ0) is 18.0. The molecule has 1 aromatic heterocycles. The summed E-state index contributed by atoms with van der Waals surface area (Å²) in [6.07, 6.45) is -0.421. The van der Waals surface area contributed by atoms with Crippen molar-refractivity contribution in [1.82, 2.24) is 20.9 Å². The Bertz CT molecular complexity index is 552. The number of guanidine groups is 1. The molecular formula is C17H29N5O2. The van der Waals surface area contributed by atoms with Gasteiger partial charge in [-0.05, 0) is 46.8 Å². The second-order valence-corrected chi connectivity index (χ2v) is 6.32. The van der Waals surface area contributed by atoms with Gasteiger partial charge >= 0.3 is 6.09 Å². The van der Waals surface area contributed by atoms with Gasteiger partial charge in [-0.15, -0.1) is 0 Å². The molecule has 0 radical (unpaired) electrons. The van der Waals surface area contributed by atoms with Crippen molar-refractivity contribution in [2.24, 2.45) is 4.99 Å². The fourth-order valence-corrected chi connectivity index (χ4v) is 1.85. The third-order valence-electron chi connectivity index (χ3n) is 2.78. The third-order valence-corrected chi connectivity index (χ3v) is 2.78.